The van der Waals surface area contributed by atoms with E-state index >= 15 is 0 Å². The largest absolute Gasteiger partial charge is 0.497 e. The smallest absolute Gasteiger partial charge is 0.258 e. The van der Waals surface area contributed by atoms with Crippen LogP contribution in [-0.4, -0.2) is 45.5 Å². The highest BCUT2D eigenvalue weighted by molar-refractivity contribution is 5.96. The molecule has 2 aromatic carbocycles. The molecule has 0 aliphatic carbocycles. The van der Waals surface area contributed by atoms with Crippen LogP contribution in [0.1, 0.15) is 15.9 Å². The number of aryl methyl sites for hydroxylation is 1. The molecule has 0 heterocycles. The van der Waals surface area contributed by atoms with Crippen molar-refractivity contribution >= 4 is 23.8 Å². The third-order valence-corrected chi connectivity index (χ3v) is 3.78. The van der Waals surface area contributed by atoms with Gasteiger partial charge < -0.3 is 24.8 Å². The van der Waals surface area contributed by atoms with Crippen LogP contribution in [0, 0.1) is 6.92 Å². The first-order valence-corrected chi connectivity index (χ1v) is 8.44. The lowest BCUT2D eigenvalue weighted by Crippen LogP contribution is -2.35. The summed E-state index contributed by atoms with van der Waals surface area (Å²) in [6.45, 7) is 1.32. The van der Waals surface area contributed by atoms with Crippen LogP contribution in [0.25, 0.3) is 0 Å². The van der Waals surface area contributed by atoms with E-state index in [0.29, 0.717) is 23.5 Å². The summed E-state index contributed by atoms with van der Waals surface area (Å²) in [7, 11) is 2.99. The predicted molar refractivity (Wildman–Crippen MR) is 103 cm³/mol. The Kier molecular flexibility index (Phi) is 7.38. The van der Waals surface area contributed by atoms with Gasteiger partial charge in [0.2, 0.25) is 5.91 Å². The van der Waals surface area contributed by atoms with Gasteiger partial charge in [-0.05, 0) is 42.8 Å². The third-order valence-electron chi connectivity index (χ3n) is 3.78. The minimum atomic E-state index is -0.501. The number of hydrogen-bond acceptors (Lipinski definition) is 6. The number of amides is 2. The number of carbonyl (C=O) groups is 3. The van der Waals surface area contributed by atoms with Crippen LogP contribution >= 0.6 is 0 Å². The van der Waals surface area contributed by atoms with Crippen molar-refractivity contribution in [2.75, 3.05) is 32.7 Å². The normalized spacial score (nSPS) is 9.96. The molecule has 0 aliphatic heterocycles. The van der Waals surface area contributed by atoms with Gasteiger partial charge in [-0.25, -0.2) is 0 Å². The maximum absolute atomic E-state index is 12.1. The van der Waals surface area contributed by atoms with E-state index in [-0.39, 0.29) is 24.5 Å². The minimum absolute atomic E-state index is 0.234. The Hall–Kier alpha value is -3.55. The first kappa shape index (κ1) is 20.8. The summed E-state index contributed by atoms with van der Waals surface area (Å²) < 4.78 is 15.6. The fourth-order valence-corrected chi connectivity index (χ4v) is 2.36. The number of rotatable bonds is 9. The predicted octanol–water partition coefficient (Wildman–Crippen LogP) is 1.96. The number of carbonyl (C=O) groups excluding carboxylic acids is 3. The van der Waals surface area contributed by atoms with E-state index in [9.17, 15) is 14.4 Å². The van der Waals surface area contributed by atoms with Crippen LogP contribution < -0.4 is 24.8 Å². The molecule has 2 amide bonds. The van der Waals surface area contributed by atoms with Crippen molar-refractivity contribution in [2.24, 2.45) is 0 Å². The minimum Gasteiger partial charge on any atom is -0.497 e. The highest BCUT2D eigenvalue weighted by atomic mass is 16.5. The van der Waals surface area contributed by atoms with Crippen LogP contribution in [0.15, 0.2) is 36.4 Å². The van der Waals surface area contributed by atoms with Crippen molar-refractivity contribution in [2.45, 2.75) is 6.92 Å². The van der Waals surface area contributed by atoms with Crippen molar-refractivity contribution in [3.05, 3.63) is 47.5 Å². The molecule has 2 rings (SSSR count). The highest BCUT2D eigenvalue weighted by Gasteiger charge is 2.11. The number of hydrogen-bond donors (Lipinski definition) is 2. The van der Waals surface area contributed by atoms with Crippen molar-refractivity contribution in [1.29, 1.82) is 0 Å². The zero-order valence-electron chi connectivity index (χ0n) is 15.9. The third kappa shape index (κ3) is 5.73. The molecule has 0 radical (unpaired) electrons. The second kappa shape index (κ2) is 9.96. The Balaban J connectivity index is 1.85. The van der Waals surface area contributed by atoms with E-state index in [1.807, 2.05) is 13.0 Å². The van der Waals surface area contributed by atoms with E-state index in [4.69, 9.17) is 14.2 Å². The molecule has 0 saturated heterocycles. The Morgan fingerprint density at radius 2 is 1.75 bits per heavy atom. The first-order valence-electron chi connectivity index (χ1n) is 8.44. The number of aldehydes is 1. The van der Waals surface area contributed by atoms with Crippen LogP contribution in [0.2, 0.25) is 0 Å². The van der Waals surface area contributed by atoms with Gasteiger partial charge in [0.1, 0.15) is 17.2 Å². The topological polar surface area (TPSA) is 103 Å². The van der Waals surface area contributed by atoms with Gasteiger partial charge >= 0.3 is 0 Å². The van der Waals surface area contributed by atoms with E-state index in [1.165, 1.54) is 26.4 Å². The van der Waals surface area contributed by atoms with Gasteiger partial charge in [0.15, 0.2) is 12.9 Å². The Bertz CT molecular complexity index is 866. The second-order valence-electron chi connectivity index (χ2n) is 5.84. The lowest BCUT2D eigenvalue weighted by Gasteiger charge is -2.12. The number of benzene rings is 2. The van der Waals surface area contributed by atoms with Crippen LogP contribution in [0.3, 0.4) is 0 Å². The Morgan fingerprint density at radius 1 is 1.00 bits per heavy atom. The lowest BCUT2D eigenvalue weighted by molar-refractivity contribution is -0.125. The van der Waals surface area contributed by atoms with E-state index in [2.05, 4.69) is 10.6 Å². The molecule has 0 spiro atoms. The van der Waals surface area contributed by atoms with Crippen molar-refractivity contribution < 1.29 is 28.6 Å². The zero-order valence-corrected chi connectivity index (χ0v) is 15.9. The van der Waals surface area contributed by atoms with Gasteiger partial charge in [-0.3, -0.25) is 14.4 Å². The number of methoxy groups -OCH3 is 2. The zero-order chi connectivity index (χ0) is 20.5. The quantitative estimate of drug-likeness (QED) is 0.639. The molecule has 2 N–H and O–H groups in total. The molecule has 8 heteroatoms. The van der Waals surface area contributed by atoms with Crippen LogP contribution in [0.4, 0.5) is 5.69 Å². The number of nitrogens with one attached hydrogen (secondary N) is 2. The van der Waals surface area contributed by atoms with Gasteiger partial charge in [0.05, 0.1) is 32.0 Å². The van der Waals surface area contributed by atoms with Gasteiger partial charge in [-0.1, -0.05) is 6.07 Å². The van der Waals surface area contributed by atoms with Crippen molar-refractivity contribution in [3.8, 4) is 17.2 Å². The average Bonchev–Trinajstić information content (AvgIpc) is 2.70. The number of ether oxygens (including phenoxy) is 3. The van der Waals surface area contributed by atoms with Crippen molar-refractivity contribution in [1.82, 2.24) is 5.32 Å². The maximum atomic E-state index is 12.1. The van der Waals surface area contributed by atoms with Crippen molar-refractivity contribution in [3.63, 3.8) is 0 Å². The van der Waals surface area contributed by atoms with Gasteiger partial charge in [0.25, 0.3) is 5.91 Å². The molecule has 0 aliphatic rings. The molecule has 0 unspecified atom stereocenters. The average molecular weight is 386 g/mol. The van der Waals surface area contributed by atoms with E-state index < -0.39 is 11.8 Å². The second-order valence-corrected chi connectivity index (χ2v) is 5.84. The van der Waals surface area contributed by atoms with E-state index in [0.717, 1.165) is 5.56 Å². The van der Waals surface area contributed by atoms with Gasteiger partial charge in [-0.2, -0.15) is 0 Å². The highest BCUT2D eigenvalue weighted by Crippen LogP contribution is 2.25. The molecule has 0 aromatic heterocycles. The summed E-state index contributed by atoms with van der Waals surface area (Å²) in [5.41, 5.74) is 1.74. The summed E-state index contributed by atoms with van der Waals surface area (Å²) >= 11 is 0. The summed E-state index contributed by atoms with van der Waals surface area (Å²) in [5, 5.41) is 5.14. The number of anilines is 1. The summed E-state index contributed by atoms with van der Waals surface area (Å²) in [4.78, 5) is 35.1. The molecular weight excluding hydrogens is 364 g/mol. The molecular formula is C20H22N2O6. The lowest BCUT2D eigenvalue weighted by atomic mass is 10.2. The Labute approximate surface area is 162 Å². The molecule has 8 nitrogen and oxygen atoms in total. The monoisotopic (exact) mass is 386 g/mol. The van der Waals surface area contributed by atoms with Gasteiger partial charge in [-0.15, -0.1) is 0 Å². The fourth-order valence-electron chi connectivity index (χ4n) is 2.36. The Morgan fingerprint density at radius 3 is 2.43 bits per heavy atom. The molecule has 0 bridgehead atoms. The maximum Gasteiger partial charge on any atom is 0.258 e. The fraction of sp³-hybridized carbons (Fsp3) is 0.250. The van der Waals surface area contributed by atoms with Crippen LogP contribution in [0.5, 0.6) is 17.2 Å². The molecule has 28 heavy (non-hydrogen) atoms. The first-order chi connectivity index (χ1) is 13.5. The summed E-state index contributed by atoms with van der Waals surface area (Å²) in [5.74, 6) is 0.367. The van der Waals surface area contributed by atoms with Crippen LogP contribution in [-0.2, 0) is 9.59 Å². The molecule has 148 valence electrons. The molecule has 0 atom stereocenters. The molecule has 2 aromatic rings. The SMILES string of the molecule is COc1ccc(OCC(=O)NCC(=O)Nc2cc(C)ccc2OC)c(C=O)c1. The molecule has 0 fully saturated rings. The summed E-state index contributed by atoms with van der Waals surface area (Å²) in [6, 6.07) is 10.0. The standard InChI is InChI=1S/C20H22N2O6/c1-13-4-6-18(27-3)16(8-13)22-19(24)10-21-20(25)12-28-17-7-5-15(26-2)9-14(17)11-23/h4-9,11H,10,12H2,1-3H3,(H,21,25)(H,22,24). The summed E-state index contributed by atoms with van der Waals surface area (Å²) in [6.07, 6.45) is 0.610. The van der Waals surface area contributed by atoms with E-state index in [1.54, 1.807) is 18.2 Å². The molecule has 0 saturated carbocycles. The van der Waals surface area contributed by atoms with Gasteiger partial charge in [0, 0.05) is 0 Å².